The van der Waals surface area contributed by atoms with E-state index in [0.29, 0.717) is 21.5 Å². The standard InChI is InChI=1S/C36H34N4O6S2/c1-35(33-39-17-19-47-33,45-27-15-7-11-23-9-3-5-13-25(23)27)21-29(37)43-31(41)32(42)44-30(38)22-36(2,34-40-18-20-48-34)46-28-16-8-12-24-10-4-6-14-26(24)28/h3-20,29-30H,21-22,37-38H2,1-2H3. The van der Waals surface area contributed by atoms with Crippen LogP contribution in [0.1, 0.15) is 36.7 Å². The van der Waals surface area contributed by atoms with Crippen molar-refractivity contribution < 1.29 is 28.5 Å². The van der Waals surface area contributed by atoms with Crippen molar-refractivity contribution in [1.29, 1.82) is 0 Å². The number of esters is 2. The Morgan fingerprint density at radius 3 is 1.44 bits per heavy atom. The van der Waals surface area contributed by atoms with Gasteiger partial charge in [0, 0.05) is 46.8 Å². The molecule has 0 saturated heterocycles. The van der Waals surface area contributed by atoms with Crippen LogP contribution in [-0.2, 0) is 30.3 Å². The first kappa shape index (κ1) is 33.0. The molecule has 0 fully saturated rings. The van der Waals surface area contributed by atoms with Gasteiger partial charge in [0.05, 0.1) is 0 Å². The smallest absolute Gasteiger partial charge is 0.419 e. The highest BCUT2D eigenvalue weighted by Crippen LogP contribution is 2.38. The molecule has 10 nitrogen and oxygen atoms in total. The molecule has 2 aromatic heterocycles. The number of nitrogens with two attached hydrogens (primary N) is 2. The average molecular weight is 683 g/mol. The van der Waals surface area contributed by atoms with Crippen molar-refractivity contribution in [1.82, 2.24) is 9.97 Å². The summed E-state index contributed by atoms with van der Waals surface area (Å²) < 4.78 is 23.7. The molecule has 246 valence electrons. The fraction of sp³-hybridized carbons (Fsp3) is 0.222. The number of carbonyl (C=O) groups excluding carboxylic acids is 2. The third-order valence-electron chi connectivity index (χ3n) is 7.80. The molecule has 4 atom stereocenters. The van der Waals surface area contributed by atoms with Gasteiger partial charge in [0.15, 0.2) is 23.7 Å². The van der Waals surface area contributed by atoms with Gasteiger partial charge in [0.25, 0.3) is 0 Å². The first-order valence-corrected chi connectivity index (χ1v) is 17.0. The Hall–Kier alpha value is -4.88. The molecule has 0 aliphatic heterocycles. The molecule has 4 unspecified atom stereocenters. The van der Waals surface area contributed by atoms with E-state index in [9.17, 15) is 9.59 Å². The van der Waals surface area contributed by atoms with E-state index in [0.717, 1.165) is 21.5 Å². The highest BCUT2D eigenvalue weighted by molar-refractivity contribution is 7.09. The third kappa shape index (κ3) is 7.32. The Morgan fingerprint density at radius 1 is 0.646 bits per heavy atom. The molecule has 6 rings (SSSR count). The summed E-state index contributed by atoms with van der Waals surface area (Å²) in [5.41, 5.74) is 10.4. The van der Waals surface area contributed by atoms with Crippen molar-refractivity contribution in [2.24, 2.45) is 11.5 Å². The van der Waals surface area contributed by atoms with Crippen molar-refractivity contribution in [2.45, 2.75) is 50.3 Å². The SMILES string of the molecule is CC(CC(N)OC(=O)C(=O)OC(N)CC(C)(Oc1cccc2ccccc12)c1nccs1)(Oc1cccc2ccccc12)c1nccs1. The van der Waals surface area contributed by atoms with Gasteiger partial charge in [-0.1, -0.05) is 72.8 Å². The lowest BCUT2D eigenvalue weighted by Crippen LogP contribution is -2.43. The lowest BCUT2D eigenvalue weighted by atomic mass is 10.0. The van der Waals surface area contributed by atoms with Crippen molar-refractivity contribution in [2.75, 3.05) is 0 Å². The first-order chi connectivity index (χ1) is 23.1. The molecule has 0 bridgehead atoms. The molecule has 0 spiro atoms. The predicted octanol–water partition coefficient (Wildman–Crippen LogP) is 6.63. The van der Waals surface area contributed by atoms with Crippen LogP contribution in [0.25, 0.3) is 21.5 Å². The van der Waals surface area contributed by atoms with Gasteiger partial charge in [0.2, 0.25) is 0 Å². The van der Waals surface area contributed by atoms with E-state index in [-0.39, 0.29) is 12.8 Å². The Bertz CT molecular complexity index is 1870. The zero-order chi connectivity index (χ0) is 33.7. The molecular weight excluding hydrogens is 649 g/mol. The molecule has 48 heavy (non-hydrogen) atoms. The van der Waals surface area contributed by atoms with E-state index >= 15 is 0 Å². The zero-order valence-corrected chi connectivity index (χ0v) is 27.9. The molecular formula is C36H34N4O6S2. The number of nitrogens with zero attached hydrogens (tertiary/aromatic N) is 2. The summed E-state index contributed by atoms with van der Waals surface area (Å²) >= 11 is 2.76. The van der Waals surface area contributed by atoms with E-state index < -0.39 is 35.6 Å². The molecule has 0 aliphatic carbocycles. The second-order valence-electron chi connectivity index (χ2n) is 11.6. The summed E-state index contributed by atoms with van der Waals surface area (Å²) in [5.74, 6) is -1.33. The van der Waals surface area contributed by atoms with Gasteiger partial charge in [-0.25, -0.2) is 19.6 Å². The van der Waals surface area contributed by atoms with E-state index in [1.807, 2.05) is 110 Å². The molecule has 2 heterocycles. The lowest BCUT2D eigenvalue weighted by Gasteiger charge is -2.32. The van der Waals surface area contributed by atoms with Crippen molar-refractivity contribution in [3.63, 3.8) is 0 Å². The minimum absolute atomic E-state index is 0.00417. The largest absolute Gasteiger partial charge is 0.480 e. The normalized spacial score (nSPS) is 15.2. The van der Waals surface area contributed by atoms with Gasteiger partial charge in [-0.15, -0.1) is 22.7 Å². The molecule has 4 aromatic carbocycles. The number of benzene rings is 4. The Kier molecular flexibility index (Phi) is 9.69. The lowest BCUT2D eigenvalue weighted by molar-refractivity contribution is -0.176. The van der Waals surface area contributed by atoms with Gasteiger partial charge < -0.3 is 18.9 Å². The summed E-state index contributed by atoms with van der Waals surface area (Å²) in [4.78, 5) is 34.7. The van der Waals surface area contributed by atoms with Crippen molar-refractivity contribution in [3.8, 4) is 11.5 Å². The van der Waals surface area contributed by atoms with Crippen LogP contribution in [0.2, 0.25) is 0 Å². The topological polar surface area (TPSA) is 149 Å². The maximum Gasteiger partial charge on any atom is 0.419 e. The summed E-state index contributed by atoms with van der Waals surface area (Å²) in [6.07, 6.45) is 0.835. The maximum absolute atomic E-state index is 12.9. The van der Waals surface area contributed by atoms with Crippen LogP contribution in [0, 0.1) is 0 Å². The van der Waals surface area contributed by atoms with Crippen LogP contribution in [-0.4, -0.2) is 34.4 Å². The van der Waals surface area contributed by atoms with Gasteiger partial charge >= 0.3 is 11.9 Å². The molecule has 0 amide bonds. The average Bonchev–Trinajstić information content (AvgIpc) is 3.81. The molecule has 12 heteroatoms. The number of aromatic nitrogens is 2. The summed E-state index contributed by atoms with van der Waals surface area (Å²) in [6, 6.07) is 27.1. The van der Waals surface area contributed by atoms with Crippen molar-refractivity contribution in [3.05, 3.63) is 118 Å². The first-order valence-electron chi connectivity index (χ1n) is 15.2. The minimum Gasteiger partial charge on any atom is -0.480 e. The van der Waals surface area contributed by atoms with E-state index in [1.54, 1.807) is 12.4 Å². The fourth-order valence-corrected chi connectivity index (χ4v) is 7.08. The van der Waals surface area contributed by atoms with Crippen LogP contribution in [0.15, 0.2) is 108 Å². The maximum atomic E-state index is 12.9. The number of thiazole rings is 2. The molecule has 4 N–H and O–H groups in total. The quantitative estimate of drug-likeness (QED) is 0.0818. The van der Waals surface area contributed by atoms with Crippen LogP contribution >= 0.6 is 22.7 Å². The van der Waals surface area contributed by atoms with E-state index in [2.05, 4.69) is 9.97 Å². The monoisotopic (exact) mass is 682 g/mol. The van der Waals surface area contributed by atoms with Crippen LogP contribution in [0.4, 0.5) is 0 Å². The summed E-state index contributed by atoms with van der Waals surface area (Å²) in [5, 5.41) is 8.69. The van der Waals surface area contributed by atoms with Gasteiger partial charge in [-0.2, -0.15) is 0 Å². The minimum atomic E-state index is -1.28. The summed E-state index contributed by atoms with van der Waals surface area (Å²) in [6.45, 7) is 3.62. The Labute approximate surface area is 285 Å². The molecule has 0 aliphatic rings. The molecule has 0 radical (unpaired) electrons. The van der Waals surface area contributed by atoms with Gasteiger partial charge in [-0.3, -0.25) is 11.5 Å². The fourth-order valence-electron chi connectivity index (χ4n) is 5.59. The number of hydrogen-bond acceptors (Lipinski definition) is 12. The number of fused-ring (bicyclic) bond motifs is 2. The number of rotatable bonds is 12. The third-order valence-corrected chi connectivity index (χ3v) is 9.84. The highest BCUT2D eigenvalue weighted by Gasteiger charge is 2.39. The van der Waals surface area contributed by atoms with Crippen LogP contribution in [0.3, 0.4) is 0 Å². The van der Waals surface area contributed by atoms with Crippen molar-refractivity contribution >= 4 is 56.2 Å². The van der Waals surface area contributed by atoms with Crippen LogP contribution < -0.4 is 20.9 Å². The van der Waals surface area contributed by atoms with Gasteiger partial charge in [0.1, 0.15) is 21.5 Å². The molecule has 6 aromatic rings. The summed E-state index contributed by atoms with van der Waals surface area (Å²) in [7, 11) is 0. The second kappa shape index (κ2) is 14.1. The number of ether oxygens (including phenoxy) is 4. The highest BCUT2D eigenvalue weighted by atomic mass is 32.1. The van der Waals surface area contributed by atoms with Crippen LogP contribution in [0.5, 0.6) is 11.5 Å². The Balaban J connectivity index is 1.12. The molecule has 0 saturated carbocycles. The number of hydrogen-bond donors (Lipinski definition) is 2. The number of carbonyl (C=O) groups is 2. The Morgan fingerprint density at radius 2 is 1.04 bits per heavy atom. The van der Waals surface area contributed by atoms with Gasteiger partial charge in [-0.05, 0) is 36.8 Å². The second-order valence-corrected chi connectivity index (χ2v) is 13.4. The van der Waals surface area contributed by atoms with E-state index in [4.69, 9.17) is 30.4 Å². The predicted molar refractivity (Wildman–Crippen MR) is 185 cm³/mol. The van der Waals surface area contributed by atoms with E-state index in [1.165, 1.54) is 22.7 Å². The zero-order valence-electron chi connectivity index (χ0n) is 26.3.